The number of carbonyl (C=O) groups is 1. The van der Waals surface area contributed by atoms with E-state index in [1.54, 1.807) is 0 Å². The van der Waals surface area contributed by atoms with E-state index in [2.05, 4.69) is 18.3 Å². The largest absolute Gasteiger partial charge is 0.350 e. The van der Waals surface area contributed by atoms with Gasteiger partial charge in [0, 0.05) is 6.42 Å². The van der Waals surface area contributed by atoms with Crippen molar-refractivity contribution in [1.29, 1.82) is 0 Å². The highest BCUT2D eigenvalue weighted by molar-refractivity contribution is 5.76. The quantitative estimate of drug-likeness (QED) is 0.796. The first kappa shape index (κ1) is 12.7. The second-order valence-corrected chi connectivity index (χ2v) is 4.04. The lowest BCUT2D eigenvalue weighted by molar-refractivity contribution is -0.121. The Balaban J connectivity index is 2.55. The Labute approximate surface area is 97.0 Å². The number of carbonyl (C=O) groups excluding carboxylic acids is 1. The van der Waals surface area contributed by atoms with Crippen molar-refractivity contribution in [3.8, 4) is 0 Å². The van der Waals surface area contributed by atoms with Crippen LogP contribution in [0.1, 0.15) is 36.9 Å². The highest BCUT2D eigenvalue weighted by atomic mass is 16.1. The first-order valence-corrected chi connectivity index (χ1v) is 5.70. The predicted molar refractivity (Wildman–Crippen MR) is 66.0 cm³/mol. The summed E-state index contributed by atoms with van der Waals surface area (Å²) in [5.74, 6) is 0.0706. The summed E-state index contributed by atoms with van der Waals surface area (Å²) >= 11 is 0. The van der Waals surface area contributed by atoms with E-state index >= 15 is 0 Å². The molecule has 3 heteroatoms. The number of nitrogens with two attached hydrogens (primary N) is 1. The molecule has 0 bridgehead atoms. The van der Waals surface area contributed by atoms with Gasteiger partial charge in [-0.15, -0.1) is 0 Å². The van der Waals surface area contributed by atoms with Gasteiger partial charge in [0.15, 0.2) is 0 Å². The number of hydrogen-bond donors (Lipinski definition) is 2. The van der Waals surface area contributed by atoms with E-state index in [1.807, 2.05) is 25.1 Å². The maximum atomic E-state index is 11.5. The summed E-state index contributed by atoms with van der Waals surface area (Å²) < 4.78 is 0. The number of amides is 1. The van der Waals surface area contributed by atoms with Crippen LogP contribution in [0.5, 0.6) is 0 Å². The molecule has 0 aromatic heterocycles. The number of nitrogens with one attached hydrogen (secondary N) is 1. The highest BCUT2D eigenvalue weighted by Gasteiger charge is 2.10. The maximum Gasteiger partial charge on any atom is 0.220 e. The van der Waals surface area contributed by atoms with Gasteiger partial charge in [0.1, 0.15) is 0 Å². The van der Waals surface area contributed by atoms with Gasteiger partial charge in [0.2, 0.25) is 5.91 Å². The van der Waals surface area contributed by atoms with Crippen molar-refractivity contribution in [2.75, 3.05) is 6.54 Å². The normalized spacial score (nSPS) is 12.2. The van der Waals surface area contributed by atoms with Crippen LogP contribution >= 0.6 is 0 Å². The Morgan fingerprint density at radius 2 is 2.12 bits per heavy atom. The van der Waals surface area contributed by atoms with E-state index in [4.69, 9.17) is 5.73 Å². The van der Waals surface area contributed by atoms with Gasteiger partial charge in [-0.1, -0.05) is 24.3 Å². The minimum Gasteiger partial charge on any atom is -0.350 e. The van der Waals surface area contributed by atoms with Crippen LogP contribution in [0.3, 0.4) is 0 Å². The Morgan fingerprint density at radius 1 is 1.44 bits per heavy atom. The van der Waals surface area contributed by atoms with Crippen LogP contribution < -0.4 is 11.1 Å². The van der Waals surface area contributed by atoms with Gasteiger partial charge in [-0.25, -0.2) is 0 Å². The molecule has 0 heterocycles. The lowest BCUT2D eigenvalue weighted by atomic mass is 10.0. The van der Waals surface area contributed by atoms with Gasteiger partial charge >= 0.3 is 0 Å². The summed E-state index contributed by atoms with van der Waals surface area (Å²) in [4.78, 5) is 11.5. The molecule has 0 saturated carbocycles. The number of rotatable bonds is 5. The molecule has 16 heavy (non-hydrogen) atoms. The van der Waals surface area contributed by atoms with E-state index in [1.165, 1.54) is 11.1 Å². The summed E-state index contributed by atoms with van der Waals surface area (Å²) in [6.45, 7) is 4.62. The number of hydrogen-bond acceptors (Lipinski definition) is 2. The monoisotopic (exact) mass is 220 g/mol. The first-order valence-electron chi connectivity index (χ1n) is 5.70. The zero-order chi connectivity index (χ0) is 12.0. The molecule has 0 radical (unpaired) electrons. The zero-order valence-electron chi connectivity index (χ0n) is 9.99. The molecule has 1 atom stereocenters. The maximum absolute atomic E-state index is 11.5. The number of benzene rings is 1. The Kier molecular flexibility index (Phi) is 4.99. The molecule has 1 aromatic carbocycles. The summed E-state index contributed by atoms with van der Waals surface area (Å²) in [6, 6.07) is 8.15. The first-order chi connectivity index (χ1) is 7.65. The van der Waals surface area contributed by atoms with E-state index < -0.39 is 0 Å². The van der Waals surface area contributed by atoms with Crippen LogP contribution in [-0.4, -0.2) is 12.5 Å². The van der Waals surface area contributed by atoms with Gasteiger partial charge in [-0.3, -0.25) is 4.79 Å². The molecule has 0 aliphatic rings. The van der Waals surface area contributed by atoms with E-state index in [9.17, 15) is 4.79 Å². The molecule has 0 spiro atoms. The van der Waals surface area contributed by atoms with E-state index in [-0.39, 0.29) is 11.9 Å². The fraction of sp³-hybridized carbons (Fsp3) is 0.462. The molecule has 1 rings (SSSR count). The number of aryl methyl sites for hydroxylation is 1. The lowest BCUT2D eigenvalue weighted by Crippen LogP contribution is -2.27. The van der Waals surface area contributed by atoms with Crippen molar-refractivity contribution < 1.29 is 4.79 Å². The molecule has 3 nitrogen and oxygen atoms in total. The van der Waals surface area contributed by atoms with Crippen molar-refractivity contribution >= 4 is 5.91 Å². The Bertz CT molecular complexity index is 350. The SMILES string of the molecule is Cc1ccccc1[C@H](C)NC(=O)CCCN. The predicted octanol–water partition coefficient (Wildman–Crippen LogP) is 1.91. The van der Waals surface area contributed by atoms with Gasteiger partial charge in [-0.05, 0) is 37.9 Å². The second-order valence-electron chi connectivity index (χ2n) is 4.04. The fourth-order valence-electron chi connectivity index (χ4n) is 1.73. The molecule has 1 aromatic rings. The van der Waals surface area contributed by atoms with Crippen molar-refractivity contribution in [3.05, 3.63) is 35.4 Å². The van der Waals surface area contributed by atoms with Crippen molar-refractivity contribution in [2.24, 2.45) is 5.73 Å². The minimum atomic E-state index is 0.0616. The molecule has 0 aliphatic heterocycles. The molecular weight excluding hydrogens is 200 g/mol. The average Bonchev–Trinajstić information content (AvgIpc) is 2.26. The van der Waals surface area contributed by atoms with Crippen molar-refractivity contribution in [2.45, 2.75) is 32.7 Å². The second kappa shape index (κ2) is 6.28. The summed E-state index contributed by atoms with van der Waals surface area (Å²) in [6.07, 6.45) is 1.25. The van der Waals surface area contributed by atoms with Crippen molar-refractivity contribution in [3.63, 3.8) is 0 Å². The molecule has 0 saturated heterocycles. The molecule has 0 aliphatic carbocycles. The topological polar surface area (TPSA) is 55.1 Å². The highest BCUT2D eigenvalue weighted by Crippen LogP contribution is 2.16. The van der Waals surface area contributed by atoms with Gasteiger partial charge in [0.05, 0.1) is 6.04 Å². The van der Waals surface area contributed by atoms with E-state index in [0.717, 1.165) is 6.42 Å². The molecule has 3 N–H and O–H groups in total. The summed E-state index contributed by atoms with van der Waals surface area (Å²) in [5.41, 5.74) is 7.74. The van der Waals surface area contributed by atoms with Crippen LogP contribution in [0.25, 0.3) is 0 Å². The van der Waals surface area contributed by atoms with Crippen LogP contribution in [0, 0.1) is 6.92 Å². The third kappa shape index (κ3) is 3.66. The zero-order valence-corrected chi connectivity index (χ0v) is 9.99. The van der Waals surface area contributed by atoms with Crippen LogP contribution in [0.2, 0.25) is 0 Å². The Morgan fingerprint density at radius 3 is 2.75 bits per heavy atom. The molecule has 1 amide bonds. The minimum absolute atomic E-state index is 0.0616. The third-order valence-electron chi connectivity index (χ3n) is 2.64. The molecule has 88 valence electrons. The standard InChI is InChI=1S/C13H20N2O/c1-10-6-3-4-7-12(10)11(2)15-13(16)8-5-9-14/h3-4,6-7,11H,5,8-9,14H2,1-2H3,(H,15,16)/t11-/m0/s1. The van der Waals surface area contributed by atoms with Crippen LogP contribution in [0.15, 0.2) is 24.3 Å². The average molecular weight is 220 g/mol. The smallest absolute Gasteiger partial charge is 0.220 e. The van der Waals surface area contributed by atoms with Crippen LogP contribution in [0.4, 0.5) is 0 Å². The lowest BCUT2D eigenvalue weighted by Gasteiger charge is -2.16. The molecule has 0 unspecified atom stereocenters. The molecular formula is C13H20N2O. The van der Waals surface area contributed by atoms with Crippen molar-refractivity contribution in [1.82, 2.24) is 5.32 Å². The summed E-state index contributed by atoms with van der Waals surface area (Å²) in [7, 11) is 0. The van der Waals surface area contributed by atoms with Gasteiger partial charge < -0.3 is 11.1 Å². The fourth-order valence-corrected chi connectivity index (χ4v) is 1.73. The molecule has 0 fully saturated rings. The van der Waals surface area contributed by atoms with Gasteiger partial charge in [0.25, 0.3) is 0 Å². The van der Waals surface area contributed by atoms with Gasteiger partial charge in [-0.2, -0.15) is 0 Å². The van der Waals surface area contributed by atoms with E-state index in [0.29, 0.717) is 13.0 Å². The summed E-state index contributed by atoms with van der Waals surface area (Å²) in [5, 5.41) is 2.98. The Hall–Kier alpha value is -1.35. The third-order valence-corrected chi connectivity index (χ3v) is 2.64. The van der Waals surface area contributed by atoms with Crippen LogP contribution in [-0.2, 0) is 4.79 Å².